The predicted molar refractivity (Wildman–Crippen MR) is 56.6 cm³/mol. The summed E-state index contributed by atoms with van der Waals surface area (Å²) in [6, 6.07) is 7.95. The lowest BCUT2D eigenvalue weighted by molar-refractivity contribution is 0.584. The number of hydrogen-bond acceptors (Lipinski definition) is 1. The molecular weight excluding hydrogens is 319 g/mol. The molecule has 0 atom stereocenters. The Morgan fingerprint density at radius 3 is 2.91 bits per heavy atom. The molecule has 0 N–H and O–H groups in total. The topological polar surface area (TPSA) is 13.1 Å². The second kappa shape index (κ2) is 2.79. The van der Waals surface area contributed by atoms with Crippen LogP contribution in [-0.2, 0) is 0 Å². The lowest BCUT2D eigenvalue weighted by Gasteiger charge is -1.88. The molecule has 1 heterocycles. The molecule has 0 aliphatic rings. The molecule has 3 heteroatoms. The van der Waals surface area contributed by atoms with Crippen LogP contribution >= 0.6 is 38.5 Å². The Morgan fingerprint density at radius 1 is 1.36 bits per heavy atom. The van der Waals surface area contributed by atoms with E-state index in [1.807, 2.05) is 24.3 Å². The molecule has 0 saturated heterocycles. The van der Waals surface area contributed by atoms with Gasteiger partial charge in [0, 0.05) is 9.86 Å². The van der Waals surface area contributed by atoms with E-state index in [-0.39, 0.29) is 0 Å². The second-order valence-electron chi connectivity index (χ2n) is 2.20. The third-order valence-electron chi connectivity index (χ3n) is 1.48. The van der Waals surface area contributed by atoms with E-state index < -0.39 is 0 Å². The molecule has 1 aromatic heterocycles. The lowest BCUT2D eigenvalue weighted by Crippen LogP contribution is -1.63. The summed E-state index contributed by atoms with van der Waals surface area (Å²) in [6.45, 7) is 0. The van der Waals surface area contributed by atoms with Gasteiger partial charge in [-0.1, -0.05) is 22.0 Å². The van der Waals surface area contributed by atoms with Crippen LogP contribution in [0.2, 0.25) is 0 Å². The van der Waals surface area contributed by atoms with Gasteiger partial charge >= 0.3 is 0 Å². The zero-order valence-electron chi connectivity index (χ0n) is 5.47. The maximum Gasteiger partial charge on any atom is 0.165 e. The molecule has 2 rings (SSSR count). The molecule has 0 bridgehead atoms. The van der Waals surface area contributed by atoms with Crippen LogP contribution in [0, 0.1) is 3.77 Å². The van der Waals surface area contributed by atoms with Gasteiger partial charge in [-0.15, -0.1) is 0 Å². The highest BCUT2D eigenvalue weighted by atomic mass is 127. The van der Waals surface area contributed by atoms with Crippen LogP contribution in [0.25, 0.3) is 11.0 Å². The van der Waals surface area contributed by atoms with E-state index in [0.717, 1.165) is 19.2 Å². The number of benzene rings is 1. The van der Waals surface area contributed by atoms with Crippen molar-refractivity contribution in [2.45, 2.75) is 0 Å². The predicted octanol–water partition coefficient (Wildman–Crippen LogP) is 3.80. The van der Waals surface area contributed by atoms with Crippen LogP contribution in [0.1, 0.15) is 0 Å². The molecule has 0 fully saturated rings. The van der Waals surface area contributed by atoms with Crippen LogP contribution < -0.4 is 0 Å². The van der Waals surface area contributed by atoms with Crippen LogP contribution in [0.15, 0.2) is 33.2 Å². The van der Waals surface area contributed by atoms with E-state index >= 15 is 0 Å². The molecule has 0 saturated carbocycles. The summed E-state index contributed by atoms with van der Waals surface area (Å²) in [5.41, 5.74) is 0.934. The van der Waals surface area contributed by atoms with Crippen molar-refractivity contribution >= 4 is 49.5 Å². The summed E-state index contributed by atoms with van der Waals surface area (Å²) in [6.07, 6.45) is 0. The van der Waals surface area contributed by atoms with Crippen molar-refractivity contribution in [3.05, 3.63) is 32.5 Å². The molecule has 0 aliphatic carbocycles. The van der Waals surface area contributed by atoms with Gasteiger partial charge in [0.1, 0.15) is 5.58 Å². The molecule has 0 spiro atoms. The first kappa shape index (κ1) is 7.61. The minimum atomic E-state index is 0.921. The summed E-state index contributed by atoms with van der Waals surface area (Å²) in [4.78, 5) is 0. The van der Waals surface area contributed by atoms with Gasteiger partial charge < -0.3 is 4.42 Å². The largest absolute Gasteiger partial charge is 0.450 e. The molecule has 0 aliphatic heterocycles. The zero-order chi connectivity index (χ0) is 7.84. The molecule has 11 heavy (non-hydrogen) atoms. The first-order chi connectivity index (χ1) is 5.27. The van der Waals surface area contributed by atoms with E-state index in [0.29, 0.717) is 0 Å². The number of furan rings is 1. The summed E-state index contributed by atoms with van der Waals surface area (Å²) in [5.74, 6) is 0. The molecular formula is C8H4BrIO. The SMILES string of the molecule is Brc1cccc2oc(I)cc12. The van der Waals surface area contributed by atoms with Gasteiger partial charge in [-0.05, 0) is 40.8 Å². The standard InChI is InChI=1S/C8H4BrIO/c9-6-2-1-3-7-5(6)4-8(10)11-7/h1-4H. The van der Waals surface area contributed by atoms with Crippen molar-refractivity contribution in [2.24, 2.45) is 0 Å². The van der Waals surface area contributed by atoms with Gasteiger partial charge in [0.15, 0.2) is 3.77 Å². The zero-order valence-corrected chi connectivity index (χ0v) is 9.22. The average molecular weight is 323 g/mol. The maximum atomic E-state index is 5.41. The normalized spacial score (nSPS) is 10.7. The second-order valence-corrected chi connectivity index (χ2v) is 4.12. The fourth-order valence-electron chi connectivity index (χ4n) is 0.994. The van der Waals surface area contributed by atoms with Crippen LogP contribution in [0.3, 0.4) is 0 Å². The fraction of sp³-hybridized carbons (Fsp3) is 0. The minimum Gasteiger partial charge on any atom is -0.450 e. The monoisotopic (exact) mass is 322 g/mol. The van der Waals surface area contributed by atoms with Crippen LogP contribution in [-0.4, -0.2) is 0 Å². The molecule has 0 amide bonds. The number of fused-ring (bicyclic) bond motifs is 1. The number of rotatable bonds is 0. The third kappa shape index (κ3) is 1.31. The van der Waals surface area contributed by atoms with E-state index in [1.165, 1.54) is 0 Å². The first-order valence-corrected chi connectivity index (χ1v) is 4.98. The number of hydrogen-bond donors (Lipinski definition) is 0. The molecule has 1 aromatic carbocycles. The van der Waals surface area contributed by atoms with Gasteiger partial charge in [0.25, 0.3) is 0 Å². The van der Waals surface area contributed by atoms with Crippen LogP contribution in [0.4, 0.5) is 0 Å². The van der Waals surface area contributed by atoms with Crippen molar-refractivity contribution in [3.63, 3.8) is 0 Å². The molecule has 1 nitrogen and oxygen atoms in total. The van der Waals surface area contributed by atoms with Crippen molar-refractivity contribution in [3.8, 4) is 0 Å². The summed E-state index contributed by atoms with van der Waals surface area (Å²) in [7, 11) is 0. The van der Waals surface area contributed by atoms with Crippen molar-refractivity contribution < 1.29 is 4.42 Å². The van der Waals surface area contributed by atoms with Gasteiger partial charge in [-0.3, -0.25) is 0 Å². The van der Waals surface area contributed by atoms with E-state index in [2.05, 4.69) is 38.5 Å². The Balaban J connectivity index is 2.90. The van der Waals surface area contributed by atoms with Gasteiger partial charge in [0.2, 0.25) is 0 Å². The smallest absolute Gasteiger partial charge is 0.165 e. The fourth-order valence-corrected chi connectivity index (χ4v) is 2.01. The van der Waals surface area contributed by atoms with Crippen molar-refractivity contribution in [1.82, 2.24) is 0 Å². The highest BCUT2D eigenvalue weighted by Crippen LogP contribution is 2.27. The molecule has 0 radical (unpaired) electrons. The molecule has 0 unspecified atom stereocenters. The Morgan fingerprint density at radius 2 is 2.18 bits per heavy atom. The maximum absolute atomic E-state index is 5.41. The lowest BCUT2D eigenvalue weighted by atomic mass is 10.3. The van der Waals surface area contributed by atoms with E-state index in [4.69, 9.17) is 4.42 Å². The Kier molecular flexibility index (Phi) is 1.93. The van der Waals surface area contributed by atoms with E-state index in [9.17, 15) is 0 Å². The summed E-state index contributed by atoms with van der Waals surface area (Å²) < 4.78 is 7.41. The molecule has 56 valence electrons. The quantitative estimate of drug-likeness (QED) is 0.672. The van der Waals surface area contributed by atoms with Crippen molar-refractivity contribution in [2.75, 3.05) is 0 Å². The first-order valence-electron chi connectivity index (χ1n) is 3.11. The highest BCUT2D eigenvalue weighted by molar-refractivity contribution is 14.1. The average Bonchev–Trinajstić information content (AvgIpc) is 2.31. The van der Waals surface area contributed by atoms with Crippen molar-refractivity contribution in [1.29, 1.82) is 0 Å². The highest BCUT2D eigenvalue weighted by Gasteiger charge is 2.02. The molecule has 2 aromatic rings. The summed E-state index contributed by atoms with van der Waals surface area (Å²) in [5, 5.41) is 1.14. The third-order valence-corrected chi connectivity index (χ3v) is 2.70. The van der Waals surface area contributed by atoms with Gasteiger partial charge in [0.05, 0.1) is 0 Å². The van der Waals surface area contributed by atoms with Gasteiger partial charge in [-0.25, -0.2) is 0 Å². The van der Waals surface area contributed by atoms with Crippen LogP contribution in [0.5, 0.6) is 0 Å². The minimum absolute atomic E-state index is 0.921. The summed E-state index contributed by atoms with van der Waals surface area (Å²) >= 11 is 5.61. The van der Waals surface area contributed by atoms with Gasteiger partial charge in [-0.2, -0.15) is 0 Å². The Labute approximate surface area is 86.0 Å². The Hall–Kier alpha value is -0.0300. The van der Waals surface area contributed by atoms with E-state index in [1.54, 1.807) is 0 Å². The number of halogens is 2. The Bertz CT molecular complexity index is 394.